The Kier molecular flexibility index (Phi) is 4.84. The van der Waals surface area contributed by atoms with E-state index in [2.05, 4.69) is 25.1 Å². The minimum atomic E-state index is -4.31. The van der Waals surface area contributed by atoms with Crippen LogP contribution in [0.3, 0.4) is 0 Å². The lowest BCUT2D eigenvalue weighted by atomic mass is 10.1. The van der Waals surface area contributed by atoms with Crippen molar-refractivity contribution in [1.82, 2.24) is 19.7 Å². The van der Waals surface area contributed by atoms with Crippen molar-refractivity contribution in [3.63, 3.8) is 0 Å². The number of hydrogen-bond acceptors (Lipinski definition) is 5. The Hall–Kier alpha value is -2.68. The molecule has 9 heteroatoms. The molecule has 0 saturated carbocycles. The van der Waals surface area contributed by atoms with Gasteiger partial charge in [0.2, 0.25) is 0 Å². The molecule has 3 rings (SSSR count). The van der Waals surface area contributed by atoms with Gasteiger partial charge in [0, 0.05) is 13.6 Å². The van der Waals surface area contributed by atoms with Gasteiger partial charge in [-0.3, -0.25) is 4.68 Å². The minimum Gasteiger partial charge on any atom is -0.367 e. The van der Waals surface area contributed by atoms with Crippen LogP contribution in [0.15, 0.2) is 36.8 Å². The molecule has 0 radical (unpaired) electrons. The van der Waals surface area contributed by atoms with E-state index in [4.69, 9.17) is 0 Å². The number of aryl methyl sites for hydroxylation is 1. The van der Waals surface area contributed by atoms with Gasteiger partial charge in [0.1, 0.15) is 18.8 Å². The van der Waals surface area contributed by atoms with Gasteiger partial charge in [-0.15, -0.1) is 0 Å². The highest BCUT2D eigenvalue weighted by atomic mass is 19.4. The molecule has 132 valence electrons. The topological polar surface area (TPSA) is 64.9 Å². The molecule has 0 fully saturated rings. The highest BCUT2D eigenvalue weighted by molar-refractivity contribution is 5.85. The maximum Gasteiger partial charge on any atom is 0.411 e. The first-order chi connectivity index (χ1) is 11.9. The number of alkyl halides is 3. The summed E-state index contributed by atoms with van der Waals surface area (Å²) in [5.74, 6) is 0.677. The monoisotopic (exact) mass is 351 g/mol. The summed E-state index contributed by atoms with van der Waals surface area (Å²) in [7, 11) is 1.80. The number of hydrogen-bond donors (Lipinski definition) is 1. The third kappa shape index (κ3) is 4.44. The van der Waals surface area contributed by atoms with Crippen molar-refractivity contribution >= 4 is 16.9 Å². The van der Waals surface area contributed by atoms with Gasteiger partial charge >= 0.3 is 6.18 Å². The van der Waals surface area contributed by atoms with Gasteiger partial charge in [0.05, 0.1) is 18.2 Å². The van der Waals surface area contributed by atoms with Crippen LogP contribution in [0.5, 0.6) is 0 Å². The Morgan fingerprint density at radius 1 is 1.12 bits per heavy atom. The maximum absolute atomic E-state index is 12.0. The molecular weight excluding hydrogens is 335 g/mol. The largest absolute Gasteiger partial charge is 0.411 e. The summed E-state index contributed by atoms with van der Waals surface area (Å²) in [5.41, 5.74) is 2.38. The highest BCUT2D eigenvalue weighted by Gasteiger charge is 2.27. The van der Waals surface area contributed by atoms with E-state index in [1.165, 1.54) is 6.33 Å². The lowest BCUT2D eigenvalue weighted by molar-refractivity contribution is -0.176. The molecule has 0 aliphatic carbocycles. The third-order valence-corrected chi connectivity index (χ3v) is 3.55. The molecular formula is C16H16F3N5O. The summed E-state index contributed by atoms with van der Waals surface area (Å²) >= 11 is 0. The van der Waals surface area contributed by atoms with Crippen LogP contribution in [0.2, 0.25) is 0 Å². The molecule has 0 saturated heterocycles. The summed E-state index contributed by atoms with van der Waals surface area (Å²) in [4.78, 5) is 8.38. The predicted molar refractivity (Wildman–Crippen MR) is 85.8 cm³/mol. The zero-order valence-electron chi connectivity index (χ0n) is 13.4. The van der Waals surface area contributed by atoms with E-state index in [1.807, 2.05) is 12.1 Å². The van der Waals surface area contributed by atoms with Crippen molar-refractivity contribution < 1.29 is 17.9 Å². The number of fused-ring (bicyclic) bond motifs is 1. The fourth-order valence-corrected chi connectivity index (χ4v) is 2.33. The van der Waals surface area contributed by atoms with E-state index in [1.54, 1.807) is 30.1 Å². The first-order valence-corrected chi connectivity index (χ1v) is 7.51. The quantitative estimate of drug-likeness (QED) is 0.739. The van der Waals surface area contributed by atoms with Crippen molar-refractivity contribution in [2.24, 2.45) is 7.05 Å². The first kappa shape index (κ1) is 17.2. The van der Waals surface area contributed by atoms with Gasteiger partial charge in [0.15, 0.2) is 5.65 Å². The Balaban J connectivity index is 1.58. The summed E-state index contributed by atoms with van der Waals surface area (Å²) in [6, 6.07) is 7.15. The molecule has 25 heavy (non-hydrogen) atoms. The Morgan fingerprint density at radius 3 is 2.56 bits per heavy atom. The fourth-order valence-electron chi connectivity index (χ4n) is 2.33. The number of aromatic nitrogens is 4. The Labute approximate surface area is 141 Å². The van der Waals surface area contributed by atoms with E-state index < -0.39 is 12.8 Å². The van der Waals surface area contributed by atoms with Crippen LogP contribution in [0, 0.1) is 0 Å². The number of benzene rings is 1. The second-order valence-electron chi connectivity index (χ2n) is 5.51. The van der Waals surface area contributed by atoms with Crippen LogP contribution in [0.1, 0.15) is 11.1 Å². The molecule has 2 aromatic heterocycles. The van der Waals surface area contributed by atoms with E-state index in [9.17, 15) is 13.2 Å². The lowest BCUT2D eigenvalue weighted by Gasteiger charge is -2.09. The van der Waals surface area contributed by atoms with Gasteiger partial charge in [-0.05, 0) is 11.1 Å². The molecule has 0 amide bonds. The molecule has 1 aromatic carbocycles. The average Bonchev–Trinajstić information content (AvgIpc) is 2.95. The Bertz CT molecular complexity index is 845. The van der Waals surface area contributed by atoms with Crippen molar-refractivity contribution in [2.75, 3.05) is 11.9 Å². The zero-order valence-corrected chi connectivity index (χ0v) is 13.4. The predicted octanol–water partition coefficient (Wildman–Crippen LogP) is 3.05. The van der Waals surface area contributed by atoms with E-state index in [0.717, 1.165) is 16.6 Å². The SMILES string of the molecule is Cn1ncc2c(NCc3ccc(COCC(F)(F)F)cc3)ncnc21. The molecule has 1 N–H and O–H groups in total. The number of nitrogens with zero attached hydrogens (tertiary/aromatic N) is 4. The van der Waals surface area contributed by atoms with Gasteiger partial charge < -0.3 is 10.1 Å². The number of nitrogens with one attached hydrogen (secondary N) is 1. The van der Waals surface area contributed by atoms with Crippen molar-refractivity contribution in [3.05, 3.63) is 47.9 Å². The number of anilines is 1. The summed E-state index contributed by atoms with van der Waals surface area (Å²) < 4.78 is 42.4. The van der Waals surface area contributed by atoms with Crippen molar-refractivity contribution in [3.8, 4) is 0 Å². The number of ether oxygens (including phenoxy) is 1. The van der Waals surface area contributed by atoms with Crippen molar-refractivity contribution in [2.45, 2.75) is 19.3 Å². The standard InChI is InChI=1S/C16H16F3N5O/c1-24-15-13(7-23-24)14(21-10-22-15)20-6-11-2-4-12(5-3-11)8-25-9-16(17,18)19/h2-5,7,10H,6,8-9H2,1H3,(H,20,21,22). The van der Waals surface area contributed by atoms with Crippen LogP contribution in [-0.2, 0) is 24.9 Å². The third-order valence-electron chi connectivity index (χ3n) is 3.55. The molecule has 0 aliphatic rings. The second kappa shape index (κ2) is 7.06. The van der Waals surface area contributed by atoms with Crippen LogP contribution in [0.25, 0.3) is 11.0 Å². The van der Waals surface area contributed by atoms with Gasteiger partial charge in [-0.2, -0.15) is 18.3 Å². The Morgan fingerprint density at radius 2 is 1.84 bits per heavy atom. The van der Waals surface area contributed by atoms with Crippen LogP contribution in [-0.4, -0.2) is 32.5 Å². The fraction of sp³-hybridized carbons (Fsp3) is 0.312. The second-order valence-corrected chi connectivity index (χ2v) is 5.51. The maximum atomic E-state index is 12.0. The van der Waals surface area contributed by atoms with Gasteiger partial charge in [-0.25, -0.2) is 9.97 Å². The molecule has 0 atom stereocenters. The van der Waals surface area contributed by atoms with Gasteiger partial charge in [-0.1, -0.05) is 24.3 Å². The minimum absolute atomic E-state index is 0.0740. The lowest BCUT2D eigenvalue weighted by Crippen LogP contribution is -2.16. The summed E-state index contributed by atoms with van der Waals surface area (Å²) in [5, 5.41) is 8.19. The molecule has 0 spiro atoms. The van der Waals surface area contributed by atoms with E-state index in [-0.39, 0.29) is 6.61 Å². The summed E-state index contributed by atoms with van der Waals surface area (Å²) in [6.07, 6.45) is -1.15. The molecule has 6 nitrogen and oxygen atoms in total. The highest BCUT2D eigenvalue weighted by Crippen LogP contribution is 2.19. The zero-order chi connectivity index (χ0) is 17.9. The van der Waals surface area contributed by atoms with Crippen LogP contribution < -0.4 is 5.32 Å². The smallest absolute Gasteiger partial charge is 0.367 e. The van der Waals surface area contributed by atoms with Crippen LogP contribution >= 0.6 is 0 Å². The molecule has 2 heterocycles. The van der Waals surface area contributed by atoms with Crippen LogP contribution in [0.4, 0.5) is 19.0 Å². The number of rotatable bonds is 6. The molecule has 3 aromatic rings. The van der Waals surface area contributed by atoms with E-state index in [0.29, 0.717) is 17.9 Å². The number of halogens is 3. The summed E-state index contributed by atoms with van der Waals surface area (Å²) in [6.45, 7) is -0.800. The van der Waals surface area contributed by atoms with Crippen molar-refractivity contribution in [1.29, 1.82) is 0 Å². The van der Waals surface area contributed by atoms with Gasteiger partial charge in [0.25, 0.3) is 0 Å². The van der Waals surface area contributed by atoms with E-state index >= 15 is 0 Å². The molecule has 0 aliphatic heterocycles. The molecule has 0 unspecified atom stereocenters. The normalized spacial score (nSPS) is 11.8. The average molecular weight is 351 g/mol. The first-order valence-electron chi connectivity index (χ1n) is 7.51. The molecule has 0 bridgehead atoms.